The van der Waals surface area contributed by atoms with Crippen molar-refractivity contribution in [2.24, 2.45) is 0 Å². The normalized spacial score (nSPS) is 17.7. The number of H-pyrrole nitrogens is 1. The second-order valence-electron chi connectivity index (χ2n) is 5.09. The van der Waals surface area contributed by atoms with E-state index in [9.17, 15) is 4.79 Å². The summed E-state index contributed by atoms with van der Waals surface area (Å²) in [6.07, 6.45) is 0.817. The standard InChI is InChI=1S/C16H14N2O2/c19-16-17-13-6-2-3-7-14(13)18(16)12-9-11-5-1-4-8-15(11)20-10-12/h1-8,12H,9-10H2,(H,17,19). The predicted octanol–water partition coefficient (Wildman–Crippen LogP) is 2.51. The maximum atomic E-state index is 12.2. The zero-order chi connectivity index (χ0) is 13.5. The van der Waals surface area contributed by atoms with E-state index in [-0.39, 0.29) is 11.7 Å². The van der Waals surface area contributed by atoms with Crippen LogP contribution in [0.2, 0.25) is 0 Å². The molecule has 4 heteroatoms. The Morgan fingerprint density at radius 1 is 1.10 bits per heavy atom. The second kappa shape index (κ2) is 4.27. The van der Waals surface area contributed by atoms with Crippen LogP contribution in [0.1, 0.15) is 11.6 Å². The first-order valence-corrected chi connectivity index (χ1v) is 6.73. The van der Waals surface area contributed by atoms with Gasteiger partial charge in [-0.3, -0.25) is 4.57 Å². The highest BCUT2D eigenvalue weighted by molar-refractivity contribution is 5.75. The molecule has 1 atom stereocenters. The van der Waals surface area contributed by atoms with E-state index in [1.54, 1.807) is 0 Å². The molecule has 4 rings (SSSR count). The third-order valence-electron chi connectivity index (χ3n) is 3.85. The molecule has 100 valence electrons. The summed E-state index contributed by atoms with van der Waals surface area (Å²) in [7, 11) is 0. The maximum absolute atomic E-state index is 12.2. The molecule has 2 heterocycles. The quantitative estimate of drug-likeness (QED) is 0.735. The number of ether oxygens (including phenoxy) is 1. The molecule has 1 aliphatic rings. The van der Waals surface area contributed by atoms with Crippen molar-refractivity contribution in [3.05, 3.63) is 64.6 Å². The van der Waals surface area contributed by atoms with Crippen molar-refractivity contribution in [1.29, 1.82) is 0 Å². The van der Waals surface area contributed by atoms with Crippen molar-refractivity contribution in [2.75, 3.05) is 6.61 Å². The smallest absolute Gasteiger partial charge is 0.326 e. The number of rotatable bonds is 1. The maximum Gasteiger partial charge on any atom is 0.326 e. The molecule has 0 radical (unpaired) electrons. The predicted molar refractivity (Wildman–Crippen MR) is 77.2 cm³/mol. The Kier molecular flexibility index (Phi) is 2.42. The lowest BCUT2D eigenvalue weighted by atomic mass is 10.0. The van der Waals surface area contributed by atoms with Crippen LogP contribution in [0.3, 0.4) is 0 Å². The highest BCUT2D eigenvalue weighted by Crippen LogP contribution is 2.29. The molecule has 0 spiro atoms. The summed E-state index contributed by atoms with van der Waals surface area (Å²) in [5, 5.41) is 0. The van der Waals surface area contributed by atoms with Crippen molar-refractivity contribution >= 4 is 11.0 Å². The van der Waals surface area contributed by atoms with Crippen LogP contribution < -0.4 is 10.4 Å². The summed E-state index contributed by atoms with van der Waals surface area (Å²) in [4.78, 5) is 15.1. The highest BCUT2D eigenvalue weighted by atomic mass is 16.5. The molecule has 0 saturated heterocycles. The van der Waals surface area contributed by atoms with Crippen molar-refractivity contribution in [2.45, 2.75) is 12.5 Å². The minimum absolute atomic E-state index is 0.0357. The van der Waals surface area contributed by atoms with Crippen molar-refractivity contribution in [3.8, 4) is 5.75 Å². The van der Waals surface area contributed by atoms with E-state index >= 15 is 0 Å². The summed E-state index contributed by atoms with van der Waals surface area (Å²) in [5.41, 5.74) is 2.89. The van der Waals surface area contributed by atoms with E-state index < -0.39 is 0 Å². The van der Waals surface area contributed by atoms with E-state index in [2.05, 4.69) is 11.1 Å². The van der Waals surface area contributed by atoms with Crippen molar-refractivity contribution in [1.82, 2.24) is 9.55 Å². The molecule has 0 amide bonds. The molecule has 1 aromatic heterocycles. The van der Waals surface area contributed by atoms with Gasteiger partial charge < -0.3 is 9.72 Å². The summed E-state index contributed by atoms with van der Waals surface area (Å²) in [6, 6.07) is 15.8. The van der Waals surface area contributed by atoms with Gasteiger partial charge in [0.1, 0.15) is 12.4 Å². The first-order valence-electron chi connectivity index (χ1n) is 6.73. The summed E-state index contributed by atoms with van der Waals surface area (Å²) in [6.45, 7) is 0.527. The molecule has 1 unspecified atom stereocenters. The zero-order valence-electron chi connectivity index (χ0n) is 10.9. The number of aromatic amines is 1. The number of benzene rings is 2. The van der Waals surface area contributed by atoms with Gasteiger partial charge in [0.15, 0.2) is 0 Å². The van der Waals surface area contributed by atoms with Crippen LogP contribution in [-0.4, -0.2) is 16.2 Å². The molecule has 4 nitrogen and oxygen atoms in total. The number of para-hydroxylation sites is 3. The monoisotopic (exact) mass is 266 g/mol. The molecule has 2 aromatic carbocycles. The topological polar surface area (TPSA) is 47.0 Å². The second-order valence-corrected chi connectivity index (χ2v) is 5.09. The molecule has 3 aromatic rings. The largest absolute Gasteiger partial charge is 0.491 e. The lowest BCUT2D eigenvalue weighted by molar-refractivity contribution is 0.224. The van der Waals surface area contributed by atoms with Gasteiger partial charge >= 0.3 is 5.69 Å². The lowest BCUT2D eigenvalue weighted by Gasteiger charge is -2.26. The van der Waals surface area contributed by atoms with E-state index in [0.29, 0.717) is 6.61 Å². The third-order valence-corrected chi connectivity index (χ3v) is 3.85. The number of nitrogens with zero attached hydrogens (tertiary/aromatic N) is 1. The van der Waals surface area contributed by atoms with Crippen molar-refractivity contribution in [3.63, 3.8) is 0 Å². The molecule has 0 aliphatic carbocycles. The minimum Gasteiger partial charge on any atom is -0.491 e. The van der Waals surface area contributed by atoms with Gasteiger partial charge in [-0.05, 0) is 23.8 Å². The van der Waals surface area contributed by atoms with Gasteiger partial charge in [0.25, 0.3) is 0 Å². The number of hydrogen-bond donors (Lipinski definition) is 1. The number of fused-ring (bicyclic) bond motifs is 2. The van der Waals surface area contributed by atoms with E-state index in [0.717, 1.165) is 28.8 Å². The van der Waals surface area contributed by atoms with Gasteiger partial charge in [-0.1, -0.05) is 30.3 Å². The van der Waals surface area contributed by atoms with Crippen LogP contribution in [0.4, 0.5) is 0 Å². The Labute approximate surface area is 115 Å². The Balaban J connectivity index is 1.82. The summed E-state index contributed by atoms with van der Waals surface area (Å²) in [5.74, 6) is 0.927. The van der Waals surface area contributed by atoms with Gasteiger partial charge in [0.2, 0.25) is 0 Å². The number of nitrogens with one attached hydrogen (secondary N) is 1. The zero-order valence-corrected chi connectivity index (χ0v) is 10.9. The van der Waals surface area contributed by atoms with Gasteiger partial charge in [-0.15, -0.1) is 0 Å². The van der Waals surface area contributed by atoms with Crippen LogP contribution in [0, 0.1) is 0 Å². The highest BCUT2D eigenvalue weighted by Gasteiger charge is 2.23. The molecule has 20 heavy (non-hydrogen) atoms. The fourth-order valence-electron chi connectivity index (χ4n) is 2.91. The Bertz CT molecular complexity index is 832. The Morgan fingerprint density at radius 3 is 2.85 bits per heavy atom. The fourth-order valence-corrected chi connectivity index (χ4v) is 2.91. The summed E-state index contributed by atoms with van der Waals surface area (Å²) < 4.78 is 7.60. The Hall–Kier alpha value is -2.49. The average molecular weight is 266 g/mol. The van der Waals surface area contributed by atoms with E-state index in [1.165, 1.54) is 0 Å². The van der Waals surface area contributed by atoms with Gasteiger partial charge in [-0.2, -0.15) is 0 Å². The molecule has 0 bridgehead atoms. The first-order chi connectivity index (χ1) is 9.83. The minimum atomic E-state index is -0.0702. The van der Waals surface area contributed by atoms with Crippen molar-refractivity contribution < 1.29 is 4.74 Å². The average Bonchev–Trinajstić information content (AvgIpc) is 2.82. The van der Waals surface area contributed by atoms with Crippen LogP contribution in [0.15, 0.2) is 53.3 Å². The van der Waals surface area contributed by atoms with E-state index in [4.69, 9.17) is 4.74 Å². The molecular formula is C16H14N2O2. The number of hydrogen-bond acceptors (Lipinski definition) is 2. The van der Waals surface area contributed by atoms with Gasteiger partial charge in [0.05, 0.1) is 17.1 Å². The van der Waals surface area contributed by atoms with E-state index in [1.807, 2.05) is 47.0 Å². The molecule has 1 aliphatic heterocycles. The number of imidazole rings is 1. The van der Waals surface area contributed by atoms with Crippen LogP contribution in [-0.2, 0) is 6.42 Å². The lowest BCUT2D eigenvalue weighted by Crippen LogP contribution is -2.30. The molecule has 1 N–H and O–H groups in total. The van der Waals surface area contributed by atoms with Crippen LogP contribution in [0.5, 0.6) is 5.75 Å². The van der Waals surface area contributed by atoms with Crippen LogP contribution >= 0.6 is 0 Å². The van der Waals surface area contributed by atoms with Gasteiger partial charge in [0, 0.05) is 6.42 Å². The third kappa shape index (κ3) is 1.65. The van der Waals surface area contributed by atoms with Crippen LogP contribution in [0.25, 0.3) is 11.0 Å². The summed E-state index contributed by atoms with van der Waals surface area (Å²) >= 11 is 0. The number of aromatic nitrogens is 2. The SMILES string of the molecule is O=c1[nH]c2ccccc2n1C1COc2ccccc2C1. The van der Waals surface area contributed by atoms with Gasteiger partial charge in [-0.25, -0.2) is 4.79 Å². The molecular weight excluding hydrogens is 252 g/mol. The molecule has 0 saturated carbocycles. The first kappa shape index (κ1) is 11.3. The molecule has 0 fully saturated rings. The fraction of sp³-hybridized carbons (Fsp3) is 0.188. The Morgan fingerprint density at radius 2 is 1.90 bits per heavy atom.